The second-order valence-electron chi connectivity index (χ2n) is 16.0. The second kappa shape index (κ2) is 14.8. The fourth-order valence-electron chi connectivity index (χ4n) is 9.68. The highest BCUT2D eigenvalue weighted by Gasteiger charge is 2.23. The van der Waals surface area contributed by atoms with Crippen LogP contribution in [0.15, 0.2) is 241 Å². The van der Waals surface area contributed by atoms with E-state index >= 15 is 0 Å². The van der Waals surface area contributed by atoms with Crippen molar-refractivity contribution in [3.05, 3.63) is 237 Å². The summed E-state index contributed by atoms with van der Waals surface area (Å²) in [7, 11) is 0. The Balaban J connectivity index is 1.06. The molecule has 0 N–H and O–H groups in total. The number of anilines is 3. The molecule has 12 rings (SSSR count). The molecule has 0 aliphatic heterocycles. The van der Waals surface area contributed by atoms with Gasteiger partial charge in [-0.25, -0.2) is 0 Å². The van der Waals surface area contributed by atoms with Crippen LogP contribution in [-0.4, -0.2) is 0 Å². The molecule has 0 saturated heterocycles. The fraction of sp³-hybridized carbons (Fsp3) is 0. The Morgan fingerprint density at radius 3 is 1.52 bits per heavy atom. The molecule has 0 bridgehead atoms. The van der Waals surface area contributed by atoms with Crippen molar-refractivity contribution >= 4 is 71.3 Å². The van der Waals surface area contributed by atoms with E-state index in [4.69, 9.17) is 4.42 Å². The fourth-order valence-corrected chi connectivity index (χ4v) is 9.68. The maximum absolute atomic E-state index is 6.47. The number of benzene rings is 11. The molecule has 2 nitrogen and oxygen atoms in total. The first-order chi connectivity index (χ1) is 30.8. The van der Waals surface area contributed by atoms with E-state index in [2.05, 4.69) is 235 Å². The Hall–Kier alpha value is -8.20. The van der Waals surface area contributed by atoms with Gasteiger partial charge in [0, 0.05) is 16.5 Å². The van der Waals surface area contributed by atoms with Gasteiger partial charge >= 0.3 is 0 Å². The number of hydrogen-bond acceptors (Lipinski definition) is 2. The van der Waals surface area contributed by atoms with Gasteiger partial charge in [-0.3, -0.25) is 0 Å². The average molecular weight is 790 g/mol. The lowest BCUT2D eigenvalue weighted by Crippen LogP contribution is -2.11. The molecule has 12 aromatic rings. The van der Waals surface area contributed by atoms with E-state index in [1.165, 1.54) is 71.3 Å². The molecule has 0 aliphatic carbocycles. The summed E-state index contributed by atoms with van der Waals surface area (Å²) in [4.78, 5) is 2.41. The summed E-state index contributed by atoms with van der Waals surface area (Å²) >= 11 is 0. The highest BCUT2D eigenvalue weighted by molar-refractivity contribution is 6.22. The molecule has 11 aromatic carbocycles. The molecule has 0 radical (unpaired) electrons. The summed E-state index contributed by atoms with van der Waals surface area (Å²) in [5.41, 5.74) is 14.6. The summed E-state index contributed by atoms with van der Waals surface area (Å²) in [6.45, 7) is 0. The van der Waals surface area contributed by atoms with E-state index in [-0.39, 0.29) is 0 Å². The summed E-state index contributed by atoms with van der Waals surface area (Å²) in [6, 6.07) is 85.4. The van der Waals surface area contributed by atoms with Crippen molar-refractivity contribution in [1.82, 2.24) is 0 Å². The number of nitrogens with zero attached hydrogens (tertiary/aromatic N) is 1. The summed E-state index contributed by atoms with van der Waals surface area (Å²) < 4.78 is 6.47. The van der Waals surface area contributed by atoms with Crippen molar-refractivity contribution in [2.45, 2.75) is 0 Å². The third-order valence-electron chi connectivity index (χ3n) is 12.5. The van der Waals surface area contributed by atoms with Crippen LogP contribution in [0.4, 0.5) is 17.1 Å². The van der Waals surface area contributed by atoms with E-state index in [0.717, 1.165) is 44.6 Å². The van der Waals surface area contributed by atoms with Gasteiger partial charge in [-0.1, -0.05) is 194 Å². The van der Waals surface area contributed by atoms with Crippen molar-refractivity contribution < 1.29 is 4.42 Å². The van der Waals surface area contributed by atoms with Gasteiger partial charge in [0.1, 0.15) is 11.2 Å². The molecule has 0 amide bonds. The van der Waals surface area contributed by atoms with Gasteiger partial charge in [0.2, 0.25) is 0 Å². The van der Waals surface area contributed by atoms with Crippen molar-refractivity contribution in [3.8, 4) is 44.5 Å². The Morgan fingerprint density at radius 1 is 0.274 bits per heavy atom. The number of fused-ring (bicyclic) bond motifs is 7. The van der Waals surface area contributed by atoms with Gasteiger partial charge in [0.15, 0.2) is 0 Å². The number of rotatable bonds is 7. The molecule has 0 fully saturated rings. The van der Waals surface area contributed by atoms with E-state index < -0.39 is 0 Å². The SMILES string of the molecule is c1ccc(-c2ccc(N(c3ccc(-c4ccc5c(c4)c(-c4ccccc4)c(-c4ccccc4)c4ccccc45)cc3)c3cccc4oc5ccccc5c34)c3ccccc23)cc1. The molecule has 0 spiro atoms. The van der Waals surface area contributed by atoms with Gasteiger partial charge < -0.3 is 9.32 Å². The molecule has 0 unspecified atom stereocenters. The van der Waals surface area contributed by atoms with Gasteiger partial charge in [0.25, 0.3) is 0 Å². The van der Waals surface area contributed by atoms with E-state index in [9.17, 15) is 0 Å². The molecule has 0 atom stereocenters. The zero-order chi connectivity index (χ0) is 41.0. The van der Waals surface area contributed by atoms with E-state index in [0.29, 0.717) is 0 Å². The summed E-state index contributed by atoms with van der Waals surface area (Å²) in [5.74, 6) is 0. The molecule has 62 heavy (non-hydrogen) atoms. The number of hydrogen-bond donors (Lipinski definition) is 0. The van der Waals surface area contributed by atoms with Crippen LogP contribution in [0.1, 0.15) is 0 Å². The largest absolute Gasteiger partial charge is 0.456 e. The molecular weight excluding hydrogens is 751 g/mol. The van der Waals surface area contributed by atoms with Crippen LogP contribution < -0.4 is 4.90 Å². The standard InChI is InChI=1S/C60H39NO/c1-4-17-41(18-5-1)46-37-38-54(50-25-12-10-23-47(46)50)61(55-28-16-30-57-60(55)52-27-14-15-29-56(52)62-57)45-34-31-40(32-35-45)44-33-36-49-48-24-11-13-26-51(48)58(42-19-6-2-7-20-42)59(53(49)39-44)43-21-8-3-9-22-43/h1-39H. The van der Waals surface area contributed by atoms with Gasteiger partial charge in [-0.15, -0.1) is 0 Å². The molecule has 0 aliphatic rings. The maximum atomic E-state index is 6.47. The van der Waals surface area contributed by atoms with Crippen LogP contribution in [-0.2, 0) is 0 Å². The van der Waals surface area contributed by atoms with Crippen molar-refractivity contribution in [2.24, 2.45) is 0 Å². The summed E-state index contributed by atoms with van der Waals surface area (Å²) in [5, 5.41) is 9.56. The average Bonchev–Trinajstić information content (AvgIpc) is 3.74. The van der Waals surface area contributed by atoms with Crippen LogP contribution in [0.2, 0.25) is 0 Å². The lowest BCUT2D eigenvalue weighted by Gasteiger charge is -2.28. The van der Waals surface area contributed by atoms with Gasteiger partial charge in [0.05, 0.1) is 16.8 Å². The topological polar surface area (TPSA) is 16.4 Å². The van der Waals surface area contributed by atoms with Gasteiger partial charge in [-0.2, -0.15) is 0 Å². The Bertz CT molecular complexity index is 3610. The van der Waals surface area contributed by atoms with Crippen LogP contribution in [0.25, 0.3) is 98.8 Å². The monoisotopic (exact) mass is 789 g/mol. The van der Waals surface area contributed by atoms with Crippen molar-refractivity contribution in [3.63, 3.8) is 0 Å². The van der Waals surface area contributed by atoms with Crippen molar-refractivity contribution in [2.75, 3.05) is 4.90 Å². The molecule has 0 saturated carbocycles. The minimum Gasteiger partial charge on any atom is -0.456 e. The number of furan rings is 1. The van der Waals surface area contributed by atoms with Crippen LogP contribution in [0, 0.1) is 0 Å². The van der Waals surface area contributed by atoms with E-state index in [1.807, 2.05) is 6.07 Å². The predicted molar refractivity (Wildman–Crippen MR) is 263 cm³/mol. The van der Waals surface area contributed by atoms with E-state index in [1.54, 1.807) is 0 Å². The highest BCUT2D eigenvalue weighted by atomic mass is 16.3. The first kappa shape index (κ1) is 35.7. The Labute approximate surface area is 360 Å². The Morgan fingerprint density at radius 2 is 0.806 bits per heavy atom. The molecular formula is C60H39NO. The van der Waals surface area contributed by atoms with Gasteiger partial charge in [-0.05, 0) is 114 Å². The lowest BCUT2D eigenvalue weighted by atomic mass is 9.84. The maximum Gasteiger partial charge on any atom is 0.137 e. The minimum absolute atomic E-state index is 0.864. The number of para-hydroxylation sites is 1. The normalized spacial score (nSPS) is 11.5. The van der Waals surface area contributed by atoms with Crippen molar-refractivity contribution in [1.29, 1.82) is 0 Å². The van der Waals surface area contributed by atoms with Crippen LogP contribution >= 0.6 is 0 Å². The lowest BCUT2D eigenvalue weighted by molar-refractivity contribution is 0.669. The third kappa shape index (κ3) is 5.88. The molecule has 1 heterocycles. The Kier molecular flexibility index (Phi) is 8.53. The van der Waals surface area contributed by atoms with Crippen LogP contribution in [0.5, 0.6) is 0 Å². The summed E-state index contributed by atoms with van der Waals surface area (Å²) in [6.07, 6.45) is 0. The first-order valence-corrected chi connectivity index (χ1v) is 21.3. The predicted octanol–water partition coefficient (Wildman–Crippen LogP) is 17.2. The quantitative estimate of drug-likeness (QED) is 0.150. The first-order valence-electron chi connectivity index (χ1n) is 21.3. The molecule has 2 heteroatoms. The van der Waals surface area contributed by atoms with Crippen LogP contribution in [0.3, 0.4) is 0 Å². The zero-order valence-corrected chi connectivity index (χ0v) is 33.9. The smallest absolute Gasteiger partial charge is 0.137 e. The second-order valence-corrected chi connectivity index (χ2v) is 16.0. The third-order valence-corrected chi connectivity index (χ3v) is 12.5. The molecule has 1 aromatic heterocycles. The zero-order valence-electron chi connectivity index (χ0n) is 33.9. The highest BCUT2D eigenvalue weighted by Crippen LogP contribution is 2.48. The molecule has 290 valence electrons. The minimum atomic E-state index is 0.864.